The summed E-state index contributed by atoms with van der Waals surface area (Å²) in [5.41, 5.74) is -1.78. The van der Waals surface area contributed by atoms with Crippen molar-refractivity contribution in [3.63, 3.8) is 0 Å². The number of fused-ring (bicyclic) bond motifs is 1. The monoisotopic (exact) mass is 251 g/mol. The molecule has 0 amide bonds. The molecule has 1 aliphatic heterocycles. The highest BCUT2D eigenvalue weighted by atomic mass is 19.1. The molecule has 2 atom stereocenters. The molecule has 0 bridgehead atoms. The number of esters is 1. The molecule has 1 aromatic rings. The van der Waals surface area contributed by atoms with Gasteiger partial charge in [-0.3, -0.25) is 0 Å². The standard InChI is InChI=1S/C12H14FN3O2/c1-2-18-10(17)12(13)8-6-16(7-9(8)12)11-14-4-3-5-15-11/h3-5,8-9H,2,6-7H2,1H3. The lowest BCUT2D eigenvalue weighted by Gasteiger charge is -2.21. The van der Waals surface area contributed by atoms with E-state index in [1.54, 1.807) is 25.4 Å². The van der Waals surface area contributed by atoms with Gasteiger partial charge in [-0.1, -0.05) is 0 Å². The van der Waals surface area contributed by atoms with E-state index in [-0.39, 0.29) is 18.4 Å². The number of hydrogen-bond donors (Lipinski definition) is 0. The number of carbonyl (C=O) groups is 1. The fourth-order valence-electron chi connectivity index (χ4n) is 2.73. The quantitative estimate of drug-likeness (QED) is 0.744. The molecule has 3 rings (SSSR count). The van der Waals surface area contributed by atoms with E-state index in [1.807, 2.05) is 4.90 Å². The number of alkyl halides is 1. The molecule has 2 aliphatic rings. The first-order valence-electron chi connectivity index (χ1n) is 6.06. The first kappa shape index (κ1) is 11.4. The summed E-state index contributed by atoms with van der Waals surface area (Å²) in [6.07, 6.45) is 3.31. The molecular formula is C12H14FN3O2. The second-order valence-electron chi connectivity index (χ2n) is 4.66. The topological polar surface area (TPSA) is 55.3 Å². The van der Waals surface area contributed by atoms with Crippen LogP contribution < -0.4 is 4.90 Å². The number of piperidine rings is 1. The third-order valence-electron chi connectivity index (χ3n) is 3.71. The minimum Gasteiger partial charge on any atom is -0.464 e. The molecule has 0 N–H and O–H groups in total. The van der Waals surface area contributed by atoms with Crippen LogP contribution in [0.25, 0.3) is 0 Å². The van der Waals surface area contributed by atoms with Gasteiger partial charge in [-0.05, 0) is 13.0 Å². The van der Waals surface area contributed by atoms with Gasteiger partial charge in [0.2, 0.25) is 11.6 Å². The SMILES string of the molecule is CCOC(=O)C1(F)C2CN(c3ncccn3)CC21. The molecule has 1 saturated heterocycles. The largest absolute Gasteiger partial charge is 0.464 e. The number of carbonyl (C=O) groups excluding carboxylic acids is 1. The van der Waals surface area contributed by atoms with Gasteiger partial charge in [-0.2, -0.15) is 0 Å². The second-order valence-corrected chi connectivity index (χ2v) is 4.66. The molecule has 1 aromatic heterocycles. The van der Waals surface area contributed by atoms with Crippen LogP contribution in [0.3, 0.4) is 0 Å². The van der Waals surface area contributed by atoms with E-state index in [1.165, 1.54) is 0 Å². The lowest BCUT2D eigenvalue weighted by atomic mass is 10.2. The van der Waals surface area contributed by atoms with Crippen LogP contribution in [-0.4, -0.2) is 41.3 Å². The van der Waals surface area contributed by atoms with E-state index in [4.69, 9.17) is 4.74 Å². The summed E-state index contributed by atoms with van der Waals surface area (Å²) < 4.78 is 19.1. The Morgan fingerprint density at radius 2 is 2.11 bits per heavy atom. The molecule has 2 unspecified atom stereocenters. The maximum atomic E-state index is 14.3. The summed E-state index contributed by atoms with van der Waals surface area (Å²) in [6, 6.07) is 1.73. The highest BCUT2D eigenvalue weighted by Crippen LogP contribution is 2.59. The molecule has 5 nitrogen and oxygen atoms in total. The van der Waals surface area contributed by atoms with Crippen molar-refractivity contribution in [3.05, 3.63) is 18.5 Å². The summed E-state index contributed by atoms with van der Waals surface area (Å²) in [7, 11) is 0. The minimum absolute atomic E-state index is 0.218. The van der Waals surface area contributed by atoms with Crippen LogP contribution in [0.2, 0.25) is 0 Å². The molecular weight excluding hydrogens is 237 g/mol. The van der Waals surface area contributed by atoms with Crippen LogP contribution in [0.1, 0.15) is 6.92 Å². The summed E-state index contributed by atoms with van der Waals surface area (Å²) in [6.45, 7) is 2.85. The van der Waals surface area contributed by atoms with Crippen molar-refractivity contribution in [1.29, 1.82) is 0 Å². The Morgan fingerprint density at radius 1 is 1.50 bits per heavy atom. The zero-order valence-corrected chi connectivity index (χ0v) is 10.0. The third kappa shape index (κ3) is 1.48. The van der Waals surface area contributed by atoms with Crippen LogP contribution in [0.5, 0.6) is 0 Å². The first-order valence-corrected chi connectivity index (χ1v) is 6.06. The van der Waals surface area contributed by atoms with Crippen LogP contribution in [0.15, 0.2) is 18.5 Å². The van der Waals surface area contributed by atoms with Crippen LogP contribution in [-0.2, 0) is 9.53 Å². The fraction of sp³-hybridized carbons (Fsp3) is 0.583. The van der Waals surface area contributed by atoms with Gasteiger partial charge in [0.05, 0.1) is 6.61 Å². The highest BCUT2D eigenvalue weighted by molar-refractivity contribution is 5.85. The van der Waals surface area contributed by atoms with Crippen molar-refractivity contribution >= 4 is 11.9 Å². The lowest BCUT2D eigenvalue weighted by molar-refractivity contribution is -0.152. The van der Waals surface area contributed by atoms with Gasteiger partial charge >= 0.3 is 5.97 Å². The van der Waals surface area contributed by atoms with Gasteiger partial charge < -0.3 is 9.64 Å². The van der Waals surface area contributed by atoms with Crippen LogP contribution in [0, 0.1) is 11.8 Å². The second kappa shape index (κ2) is 3.90. The van der Waals surface area contributed by atoms with Gasteiger partial charge in [-0.25, -0.2) is 19.2 Å². The number of anilines is 1. The van der Waals surface area contributed by atoms with E-state index in [0.29, 0.717) is 19.0 Å². The van der Waals surface area contributed by atoms with E-state index in [2.05, 4.69) is 9.97 Å². The van der Waals surface area contributed by atoms with Crippen molar-refractivity contribution in [2.75, 3.05) is 24.6 Å². The molecule has 0 aromatic carbocycles. The molecule has 0 radical (unpaired) electrons. The van der Waals surface area contributed by atoms with E-state index in [0.717, 1.165) is 0 Å². The number of hydrogen-bond acceptors (Lipinski definition) is 5. The molecule has 0 spiro atoms. The summed E-state index contributed by atoms with van der Waals surface area (Å²) >= 11 is 0. The molecule has 96 valence electrons. The average molecular weight is 251 g/mol. The van der Waals surface area contributed by atoms with Gasteiger partial charge in [-0.15, -0.1) is 0 Å². The maximum absolute atomic E-state index is 14.3. The van der Waals surface area contributed by atoms with Crippen molar-refractivity contribution in [3.8, 4) is 0 Å². The predicted octanol–water partition coefficient (Wildman–Crippen LogP) is 0.814. The van der Waals surface area contributed by atoms with Crippen molar-refractivity contribution < 1.29 is 13.9 Å². The Morgan fingerprint density at radius 3 is 2.67 bits per heavy atom. The van der Waals surface area contributed by atoms with Gasteiger partial charge in [0, 0.05) is 37.3 Å². The Hall–Kier alpha value is -1.72. The first-order chi connectivity index (χ1) is 8.67. The number of halogens is 1. The van der Waals surface area contributed by atoms with Crippen molar-refractivity contribution in [2.24, 2.45) is 11.8 Å². The highest BCUT2D eigenvalue weighted by Gasteiger charge is 2.75. The van der Waals surface area contributed by atoms with Crippen LogP contribution in [0.4, 0.5) is 10.3 Å². The summed E-state index contributed by atoms with van der Waals surface area (Å²) in [5.74, 6) is -0.676. The van der Waals surface area contributed by atoms with Gasteiger partial charge in [0.1, 0.15) is 0 Å². The smallest absolute Gasteiger partial charge is 0.344 e. The average Bonchev–Trinajstić information content (AvgIpc) is 2.79. The Kier molecular flexibility index (Phi) is 2.46. The fourth-order valence-corrected chi connectivity index (χ4v) is 2.73. The lowest BCUT2D eigenvalue weighted by Crippen LogP contribution is -2.35. The molecule has 1 saturated carbocycles. The molecule has 6 heteroatoms. The number of nitrogens with zero attached hydrogens (tertiary/aromatic N) is 3. The number of ether oxygens (including phenoxy) is 1. The third-order valence-corrected chi connectivity index (χ3v) is 3.71. The van der Waals surface area contributed by atoms with E-state index < -0.39 is 11.6 Å². The maximum Gasteiger partial charge on any atom is 0.344 e. The Bertz CT molecular complexity index is 456. The zero-order valence-electron chi connectivity index (χ0n) is 10.0. The van der Waals surface area contributed by atoms with Crippen LogP contribution >= 0.6 is 0 Å². The normalized spacial score (nSPS) is 33.1. The van der Waals surface area contributed by atoms with Crippen molar-refractivity contribution in [2.45, 2.75) is 12.6 Å². The number of aromatic nitrogens is 2. The van der Waals surface area contributed by atoms with Gasteiger partial charge in [0.25, 0.3) is 0 Å². The minimum atomic E-state index is -1.78. The molecule has 18 heavy (non-hydrogen) atoms. The zero-order chi connectivity index (χ0) is 12.8. The molecule has 2 fully saturated rings. The number of rotatable bonds is 3. The molecule has 1 aliphatic carbocycles. The predicted molar refractivity (Wildman–Crippen MR) is 61.7 cm³/mol. The summed E-state index contributed by atoms with van der Waals surface area (Å²) in [5, 5.41) is 0. The van der Waals surface area contributed by atoms with Crippen molar-refractivity contribution in [1.82, 2.24) is 9.97 Å². The van der Waals surface area contributed by atoms with Gasteiger partial charge in [0.15, 0.2) is 0 Å². The Balaban J connectivity index is 1.67. The Labute approximate surface area is 104 Å². The van der Waals surface area contributed by atoms with E-state index in [9.17, 15) is 9.18 Å². The van der Waals surface area contributed by atoms with E-state index >= 15 is 0 Å². The summed E-state index contributed by atoms with van der Waals surface area (Å²) in [4.78, 5) is 21.7. The molecule has 2 heterocycles.